The number of nitrogens with zero attached hydrogens (tertiary/aromatic N) is 2. The van der Waals surface area contributed by atoms with E-state index in [1.807, 2.05) is 6.92 Å². The predicted molar refractivity (Wildman–Crippen MR) is 107 cm³/mol. The molecule has 1 aliphatic rings. The lowest BCUT2D eigenvalue weighted by molar-refractivity contribution is -0.140. The number of aromatic nitrogens is 1. The van der Waals surface area contributed by atoms with E-state index in [1.54, 1.807) is 56.9 Å². The van der Waals surface area contributed by atoms with Gasteiger partial charge in [-0.3, -0.25) is 14.6 Å². The Morgan fingerprint density at radius 1 is 1.24 bits per heavy atom. The third kappa shape index (κ3) is 4.00. The predicted octanol–water partition coefficient (Wildman–Crippen LogP) is 2.86. The molecule has 1 amide bonds. The molecule has 7 nitrogen and oxygen atoms in total. The number of carbonyl (C=O) groups is 2. The molecule has 152 valence electrons. The lowest BCUT2D eigenvalue weighted by atomic mass is 9.94. The van der Waals surface area contributed by atoms with Crippen molar-refractivity contribution < 1.29 is 24.2 Å². The molecule has 1 fully saturated rings. The van der Waals surface area contributed by atoms with Crippen LogP contribution in [0.4, 0.5) is 0 Å². The molecular formula is C22H24N2O5. The highest BCUT2D eigenvalue weighted by Gasteiger charge is 2.46. The number of ether oxygens (including phenoxy) is 2. The first-order valence-corrected chi connectivity index (χ1v) is 9.31. The van der Waals surface area contributed by atoms with E-state index in [1.165, 1.54) is 4.90 Å². The number of aliphatic hydroxyl groups is 1. The summed E-state index contributed by atoms with van der Waals surface area (Å²) in [6.07, 6.45) is 3.80. The smallest absolute Gasteiger partial charge is 0.295 e. The molecular weight excluding hydrogens is 372 g/mol. The maximum absolute atomic E-state index is 12.9. The molecule has 1 aromatic carbocycles. The van der Waals surface area contributed by atoms with E-state index >= 15 is 0 Å². The number of Topliss-reactive ketones (excluding diaryl/α,β-unsaturated/α-hetero) is 1. The summed E-state index contributed by atoms with van der Waals surface area (Å²) in [6, 6.07) is 7.98. The lowest BCUT2D eigenvalue weighted by Crippen LogP contribution is -2.31. The van der Waals surface area contributed by atoms with Gasteiger partial charge in [-0.15, -0.1) is 0 Å². The van der Waals surface area contributed by atoms with Crippen LogP contribution in [0.15, 0.2) is 48.3 Å². The summed E-state index contributed by atoms with van der Waals surface area (Å²) in [7, 11) is 3.14. The second-order valence-corrected chi connectivity index (χ2v) is 6.81. The van der Waals surface area contributed by atoms with E-state index in [0.717, 1.165) is 5.56 Å². The number of likely N-dealkylation sites (tertiary alicyclic amines) is 1. The minimum absolute atomic E-state index is 0.0636. The van der Waals surface area contributed by atoms with Crippen molar-refractivity contribution >= 4 is 17.4 Å². The molecule has 0 bridgehead atoms. The van der Waals surface area contributed by atoms with Gasteiger partial charge in [0, 0.05) is 38.2 Å². The fourth-order valence-corrected chi connectivity index (χ4v) is 3.55. The molecule has 1 aromatic heterocycles. The standard InChI is InChI=1S/C22H24N2O5/c1-14-12-16(29-3)7-8-17(14)20(25)18-19(15-6-4-9-23-13-15)24(10-5-11-28-2)22(27)21(18)26/h4,6-9,12-13,19,25H,5,10-11H2,1-3H3/b20-18+/t19-/m0/s1. The van der Waals surface area contributed by atoms with E-state index in [9.17, 15) is 14.7 Å². The maximum atomic E-state index is 12.9. The van der Waals surface area contributed by atoms with Crippen LogP contribution in [-0.2, 0) is 14.3 Å². The number of amides is 1. The highest BCUT2D eigenvalue weighted by Crippen LogP contribution is 2.39. The Balaban J connectivity index is 2.12. The van der Waals surface area contributed by atoms with Crippen LogP contribution in [0.3, 0.4) is 0 Å². The van der Waals surface area contributed by atoms with Gasteiger partial charge in [-0.1, -0.05) is 6.07 Å². The molecule has 1 aliphatic heterocycles. The summed E-state index contributed by atoms with van der Waals surface area (Å²) in [6.45, 7) is 2.60. The topological polar surface area (TPSA) is 89.0 Å². The number of methoxy groups -OCH3 is 2. The van der Waals surface area contributed by atoms with Gasteiger partial charge >= 0.3 is 0 Å². The number of aryl methyl sites for hydroxylation is 1. The van der Waals surface area contributed by atoms with Crippen molar-refractivity contribution in [2.24, 2.45) is 0 Å². The number of hydrogen-bond donors (Lipinski definition) is 1. The number of hydrogen-bond acceptors (Lipinski definition) is 6. The third-order valence-electron chi connectivity index (χ3n) is 4.98. The summed E-state index contributed by atoms with van der Waals surface area (Å²) < 4.78 is 10.3. The number of ketones is 1. The minimum Gasteiger partial charge on any atom is -0.507 e. The SMILES string of the molecule is COCCCN1C(=O)C(=O)/C(=C(/O)c2ccc(OC)cc2C)[C@@H]1c1cccnc1. The molecule has 0 radical (unpaired) electrons. The summed E-state index contributed by atoms with van der Waals surface area (Å²) in [4.78, 5) is 31.3. The molecule has 0 saturated carbocycles. The third-order valence-corrected chi connectivity index (χ3v) is 4.98. The van der Waals surface area contributed by atoms with Gasteiger partial charge in [0.25, 0.3) is 11.7 Å². The first-order valence-electron chi connectivity index (χ1n) is 9.31. The molecule has 1 N–H and O–H groups in total. The zero-order valence-electron chi connectivity index (χ0n) is 16.7. The summed E-state index contributed by atoms with van der Waals surface area (Å²) >= 11 is 0. The van der Waals surface area contributed by atoms with Crippen LogP contribution < -0.4 is 4.74 Å². The van der Waals surface area contributed by atoms with Gasteiger partial charge in [0.05, 0.1) is 18.7 Å². The van der Waals surface area contributed by atoms with Crippen molar-refractivity contribution in [2.75, 3.05) is 27.4 Å². The number of pyridine rings is 1. The van der Waals surface area contributed by atoms with Crippen molar-refractivity contribution in [3.05, 3.63) is 65.0 Å². The molecule has 2 heterocycles. The number of carbonyl (C=O) groups excluding carboxylic acids is 2. The molecule has 1 saturated heterocycles. The average molecular weight is 396 g/mol. The molecule has 2 aromatic rings. The molecule has 1 atom stereocenters. The van der Waals surface area contributed by atoms with Gasteiger partial charge in [0.15, 0.2) is 0 Å². The van der Waals surface area contributed by atoms with Crippen molar-refractivity contribution in [2.45, 2.75) is 19.4 Å². The van der Waals surface area contributed by atoms with Gasteiger partial charge in [0.2, 0.25) is 0 Å². The first-order chi connectivity index (χ1) is 14.0. The second-order valence-electron chi connectivity index (χ2n) is 6.81. The normalized spacial score (nSPS) is 18.3. The summed E-state index contributed by atoms with van der Waals surface area (Å²) in [5.41, 5.74) is 1.94. The number of benzene rings is 1. The van der Waals surface area contributed by atoms with Gasteiger partial charge in [0.1, 0.15) is 11.5 Å². The zero-order valence-corrected chi connectivity index (χ0v) is 16.7. The summed E-state index contributed by atoms with van der Waals surface area (Å²) in [5.74, 6) is -0.902. The zero-order chi connectivity index (χ0) is 21.0. The van der Waals surface area contributed by atoms with E-state index in [-0.39, 0.29) is 11.3 Å². The van der Waals surface area contributed by atoms with E-state index in [0.29, 0.717) is 36.4 Å². The number of rotatable bonds is 7. The Kier molecular flexibility index (Phi) is 6.29. The van der Waals surface area contributed by atoms with Crippen LogP contribution in [0, 0.1) is 6.92 Å². The van der Waals surface area contributed by atoms with Crippen molar-refractivity contribution in [1.82, 2.24) is 9.88 Å². The van der Waals surface area contributed by atoms with E-state index in [2.05, 4.69) is 4.98 Å². The highest BCUT2D eigenvalue weighted by molar-refractivity contribution is 6.46. The quantitative estimate of drug-likeness (QED) is 0.335. The van der Waals surface area contributed by atoms with Crippen molar-refractivity contribution in [3.8, 4) is 5.75 Å². The monoisotopic (exact) mass is 396 g/mol. The average Bonchev–Trinajstić information content (AvgIpc) is 2.99. The molecule has 3 rings (SSSR count). The van der Waals surface area contributed by atoms with Gasteiger partial charge in [-0.25, -0.2) is 0 Å². The Hall–Kier alpha value is -3.19. The Bertz CT molecular complexity index is 939. The van der Waals surface area contributed by atoms with E-state index < -0.39 is 17.7 Å². The molecule has 0 aliphatic carbocycles. The van der Waals surface area contributed by atoms with Crippen molar-refractivity contribution in [1.29, 1.82) is 0 Å². The maximum Gasteiger partial charge on any atom is 0.295 e. The largest absolute Gasteiger partial charge is 0.507 e. The van der Waals surface area contributed by atoms with Crippen LogP contribution in [-0.4, -0.2) is 54.1 Å². The van der Waals surface area contributed by atoms with Crippen LogP contribution in [0.5, 0.6) is 5.75 Å². The van der Waals surface area contributed by atoms with Crippen molar-refractivity contribution in [3.63, 3.8) is 0 Å². The minimum atomic E-state index is -0.706. The fraction of sp³-hybridized carbons (Fsp3) is 0.318. The summed E-state index contributed by atoms with van der Waals surface area (Å²) in [5, 5.41) is 11.1. The fourth-order valence-electron chi connectivity index (χ4n) is 3.55. The van der Waals surface area contributed by atoms with Crippen LogP contribution in [0.2, 0.25) is 0 Å². The Morgan fingerprint density at radius 2 is 2.03 bits per heavy atom. The lowest BCUT2D eigenvalue weighted by Gasteiger charge is -2.25. The first kappa shape index (κ1) is 20.5. The molecule has 0 unspecified atom stereocenters. The van der Waals surface area contributed by atoms with Gasteiger partial charge < -0.3 is 19.5 Å². The highest BCUT2D eigenvalue weighted by atomic mass is 16.5. The molecule has 29 heavy (non-hydrogen) atoms. The Labute approximate surface area is 169 Å². The molecule has 7 heteroatoms. The van der Waals surface area contributed by atoms with Gasteiger partial charge in [-0.2, -0.15) is 0 Å². The molecule has 0 spiro atoms. The van der Waals surface area contributed by atoms with Crippen LogP contribution >= 0.6 is 0 Å². The van der Waals surface area contributed by atoms with Crippen LogP contribution in [0.25, 0.3) is 5.76 Å². The number of aliphatic hydroxyl groups excluding tert-OH is 1. The van der Waals surface area contributed by atoms with E-state index in [4.69, 9.17) is 9.47 Å². The second kappa shape index (κ2) is 8.87. The Morgan fingerprint density at radius 3 is 2.66 bits per heavy atom. The van der Waals surface area contributed by atoms with Crippen LogP contribution in [0.1, 0.15) is 29.2 Å². The van der Waals surface area contributed by atoms with Gasteiger partial charge in [-0.05, 0) is 48.7 Å².